The summed E-state index contributed by atoms with van der Waals surface area (Å²) in [7, 11) is 0. The van der Waals surface area contributed by atoms with Gasteiger partial charge in [-0.25, -0.2) is 9.78 Å². The quantitative estimate of drug-likeness (QED) is 0.869. The number of rotatable bonds is 4. The lowest BCUT2D eigenvalue weighted by Gasteiger charge is -2.04. The highest BCUT2D eigenvalue weighted by Gasteiger charge is 2.08. The van der Waals surface area contributed by atoms with Crippen molar-refractivity contribution in [1.82, 2.24) is 4.98 Å². The van der Waals surface area contributed by atoms with Crippen LogP contribution in [0.2, 0.25) is 0 Å². The lowest BCUT2D eigenvalue weighted by atomic mass is 10.3. The highest BCUT2D eigenvalue weighted by molar-refractivity contribution is 7.99. The van der Waals surface area contributed by atoms with Gasteiger partial charge in [0.05, 0.1) is 17.1 Å². The molecule has 0 bridgehead atoms. The number of esters is 1. The van der Waals surface area contributed by atoms with E-state index in [0.29, 0.717) is 17.2 Å². The lowest BCUT2D eigenvalue weighted by molar-refractivity contribution is 0.0525. The Balaban J connectivity index is 2.11. The molecule has 2 aromatic rings. The third-order valence-electron chi connectivity index (χ3n) is 2.33. The Hall–Kier alpha value is -2.01. The molecule has 0 spiro atoms. The fraction of sp³-hybridized carbons (Fsp3) is 0.143. The van der Waals surface area contributed by atoms with Gasteiger partial charge in [0, 0.05) is 6.20 Å². The van der Waals surface area contributed by atoms with Gasteiger partial charge in [-0.05, 0) is 31.2 Å². The summed E-state index contributed by atoms with van der Waals surface area (Å²) in [6.45, 7) is 2.10. The zero-order valence-corrected chi connectivity index (χ0v) is 11.2. The Labute approximate surface area is 115 Å². The molecule has 1 aromatic heterocycles. The van der Waals surface area contributed by atoms with Crippen LogP contribution >= 0.6 is 11.8 Å². The predicted molar refractivity (Wildman–Crippen MR) is 72.4 cm³/mol. The zero-order valence-electron chi connectivity index (χ0n) is 10.4. The predicted octanol–water partition coefficient (Wildman–Crippen LogP) is 3.12. The van der Waals surface area contributed by atoms with Crippen molar-refractivity contribution < 1.29 is 14.6 Å². The molecule has 5 heteroatoms. The van der Waals surface area contributed by atoms with Crippen LogP contribution in [0.25, 0.3) is 0 Å². The van der Waals surface area contributed by atoms with E-state index >= 15 is 0 Å². The van der Waals surface area contributed by atoms with Crippen LogP contribution in [0, 0.1) is 0 Å². The number of phenols is 1. The Morgan fingerprint density at radius 2 is 2.11 bits per heavy atom. The van der Waals surface area contributed by atoms with Crippen LogP contribution in [0.3, 0.4) is 0 Å². The largest absolute Gasteiger partial charge is 0.507 e. The van der Waals surface area contributed by atoms with Crippen LogP contribution in [0.15, 0.2) is 52.5 Å². The van der Waals surface area contributed by atoms with Crippen LogP contribution < -0.4 is 0 Å². The van der Waals surface area contributed by atoms with Crippen molar-refractivity contribution in [1.29, 1.82) is 0 Å². The number of nitrogens with zero attached hydrogens (tertiary/aromatic N) is 1. The van der Waals surface area contributed by atoms with Crippen LogP contribution in [-0.2, 0) is 4.74 Å². The van der Waals surface area contributed by atoms with Gasteiger partial charge in [-0.2, -0.15) is 0 Å². The molecule has 0 aliphatic carbocycles. The van der Waals surface area contributed by atoms with Gasteiger partial charge in [0.25, 0.3) is 0 Å². The summed E-state index contributed by atoms with van der Waals surface area (Å²) in [4.78, 5) is 16.3. The molecular weight excluding hydrogens is 262 g/mol. The van der Waals surface area contributed by atoms with E-state index in [-0.39, 0.29) is 11.7 Å². The highest BCUT2D eigenvalue weighted by Crippen LogP contribution is 2.32. The topological polar surface area (TPSA) is 59.4 Å². The summed E-state index contributed by atoms with van der Waals surface area (Å²) >= 11 is 1.33. The molecule has 19 heavy (non-hydrogen) atoms. The molecule has 98 valence electrons. The van der Waals surface area contributed by atoms with Crippen molar-refractivity contribution in [3.05, 3.63) is 48.2 Å². The monoisotopic (exact) mass is 275 g/mol. The molecule has 0 fully saturated rings. The minimum Gasteiger partial charge on any atom is -0.507 e. The highest BCUT2D eigenvalue weighted by atomic mass is 32.2. The average molecular weight is 275 g/mol. The summed E-state index contributed by atoms with van der Waals surface area (Å²) in [5.41, 5.74) is 0.420. The maximum Gasteiger partial charge on any atom is 0.339 e. The van der Waals surface area contributed by atoms with E-state index < -0.39 is 0 Å². The van der Waals surface area contributed by atoms with E-state index in [9.17, 15) is 9.90 Å². The van der Waals surface area contributed by atoms with Gasteiger partial charge >= 0.3 is 5.97 Å². The van der Waals surface area contributed by atoms with Crippen LogP contribution in [0.1, 0.15) is 17.3 Å². The maximum absolute atomic E-state index is 11.5. The third-order valence-corrected chi connectivity index (χ3v) is 3.34. The second kappa shape index (κ2) is 6.24. The molecule has 0 unspecified atom stereocenters. The van der Waals surface area contributed by atoms with Crippen molar-refractivity contribution in [2.75, 3.05) is 6.61 Å². The Kier molecular flexibility index (Phi) is 4.41. The molecule has 0 amide bonds. The normalized spacial score (nSPS) is 10.2. The summed E-state index contributed by atoms with van der Waals surface area (Å²) in [5, 5.41) is 10.4. The van der Waals surface area contributed by atoms with Crippen molar-refractivity contribution >= 4 is 17.7 Å². The maximum atomic E-state index is 11.5. The number of pyridine rings is 1. The van der Waals surface area contributed by atoms with Crippen LogP contribution in [0.4, 0.5) is 0 Å². The summed E-state index contributed by atoms with van der Waals surface area (Å²) in [5.74, 6) is -0.169. The number of phenolic OH excluding ortho intramolecular Hbond substituents is 1. The number of aromatic nitrogens is 1. The number of carbonyl (C=O) groups is 1. The molecule has 0 radical (unpaired) electrons. The first-order valence-corrected chi connectivity index (χ1v) is 6.61. The van der Waals surface area contributed by atoms with Gasteiger partial charge in [0.15, 0.2) is 0 Å². The SMILES string of the molecule is CCOC(=O)c1ccc(Sc2ccccc2O)nc1. The fourth-order valence-corrected chi connectivity index (χ4v) is 2.22. The smallest absolute Gasteiger partial charge is 0.339 e. The number of aromatic hydroxyl groups is 1. The molecule has 1 aromatic carbocycles. The third kappa shape index (κ3) is 3.48. The minimum absolute atomic E-state index is 0.212. The lowest BCUT2D eigenvalue weighted by Crippen LogP contribution is -2.04. The number of ether oxygens (including phenoxy) is 1. The van der Waals surface area contributed by atoms with Crippen LogP contribution in [0.5, 0.6) is 5.75 Å². The van der Waals surface area contributed by atoms with E-state index in [0.717, 1.165) is 4.90 Å². The number of carbonyl (C=O) groups excluding carboxylic acids is 1. The van der Waals surface area contributed by atoms with E-state index in [1.165, 1.54) is 18.0 Å². The average Bonchev–Trinajstić information content (AvgIpc) is 2.42. The van der Waals surface area contributed by atoms with Crippen LogP contribution in [-0.4, -0.2) is 22.7 Å². The number of hydrogen-bond donors (Lipinski definition) is 1. The summed E-state index contributed by atoms with van der Waals surface area (Å²) in [6, 6.07) is 10.4. The van der Waals surface area contributed by atoms with Gasteiger partial charge in [-0.3, -0.25) is 0 Å². The Bertz CT molecular complexity index is 569. The van der Waals surface area contributed by atoms with Gasteiger partial charge in [0.2, 0.25) is 0 Å². The molecule has 0 aliphatic rings. The number of para-hydroxylation sites is 1. The molecule has 1 N–H and O–H groups in total. The van der Waals surface area contributed by atoms with E-state index in [2.05, 4.69) is 4.98 Å². The summed E-state index contributed by atoms with van der Waals surface area (Å²) in [6.07, 6.45) is 1.47. The zero-order chi connectivity index (χ0) is 13.7. The Morgan fingerprint density at radius 3 is 2.74 bits per heavy atom. The van der Waals surface area contributed by atoms with E-state index in [1.807, 2.05) is 6.07 Å². The molecule has 0 saturated carbocycles. The van der Waals surface area contributed by atoms with Gasteiger partial charge in [-0.1, -0.05) is 23.9 Å². The van der Waals surface area contributed by atoms with Crippen molar-refractivity contribution in [2.24, 2.45) is 0 Å². The van der Waals surface area contributed by atoms with E-state index in [4.69, 9.17) is 4.74 Å². The fourth-order valence-electron chi connectivity index (χ4n) is 1.43. The van der Waals surface area contributed by atoms with Gasteiger partial charge in [-0.15, -0.1) is 0 Å². The second-order valence-corrected chi connectivity index (χ2v) is 4.74. The molecule has 2 rings (SSSR count). The standard InChI is InChI=1S/C14H13NO3S/c1-2-18-14(17)10-7-8-13(15-9-10)19-12-6-4-3-5-11(12)16/h3-9,16H,2H2,1H3. The van der Waals surface area contributed by atoms with Gasteiger partial charge < -0.3 is 9.84 Å². The molecule has 4 nitrogen and oxygen atoms in total. The molecular formula is C14H13NO3S. The molecule has 0 atom stereocenters. The second-order valence-electron chi connectivity index (χ2n) is 3.68. The summed E-state index contributed by atoms with van der Waals surface area (Å²) < 4.78 is 4.88. The first-order valence-electron chi connectivity index (χ1n) is 5.79. The first-order chi connectivity index (χ1) is 9.20. The minimum atomic E-state index is -0.380. The molecule has 0 aliphatic heterocycles. The van der Waals surface area contributed by atoms with Crippen molar-refractivity contribution in [3.8, 4) is 5.75 Å². The molecule has 1 heterocycles. The van der Waals surface area contributed by atoms with Gasteiger partial charge in [0.1, 0.15) is 10.8 Å². The number of hydrogen-bond acceptors (Lipinski definition) is 5. The number of benzene rings is 1. The first kappa shape index (κ1) is 13.4. The van der Waals surface area contributed by atoms with Crippen molar-refractivity contribution in [2.45, 2.75) is 16.8 Å². The Morgan fingerprint density at radius 1 is 1.32 bits per heavy atom. The van der Waals surface area contributed by atoms with Crippen molar-refractivity contribution in [3.63, 3.8) is 0 Å². The van der Waals surface area contributed by atoms with E-state index in [1.54, 1.807) is 37.3 Å². The molecule has 0 saturated heterocycles.